The van der Waals surface area contributed by atoms with Gasteiger partial charge in [0.2, 0.25) is 0 Å². The van der Waals surface area contributed by atoms with E-state index in [0.29, 0.717) is 6.04 Å². The molecule has 1 fully saturated rings. The van der Waals surface area contributed by atoms with Gasteiger partial charge in [0.25, 0.3) is 0 Å². The summed E-state index contributed by atoms with van der Waals surface area (Å²) in [6.45, 7) is 6.32. The highest BCUT2D eigenvalue weighted by atomic mass is 35.5. The standard InChI is InChI=1S/C16H26N2O.ClH/c1-3-10-19-16-8-4-6-14(11-16)12-18-9-5-7-15(13-18)17-2;/h4,6,8,11,15,17H,3,5,7,9-10,12-13H2,1-2H3;1H. The van der Waals surface area contributed by atoms with E-state index in [1.54, 1.807) is 0 Å². The van der Waals surface area contributed by atoms with Gasteiger partial charge in [-0.25, -0.2) is 0 Å². The maximum Gasteiger partial charge on any atom is 0.119 e. The van der Waals surface area contributed by atoms with Crippen LogP contribution in [0.15, 0.2) is 24.3 Å². The summed E-state index contributed by atoms with van der Waals surface area (Å²) in [4.78, 5) is 2.53. The first kappa shape index (κ1) is 17.3. The number of nitrogens with zero attached hydrogens (tertiary/aromatic N) is 1. The van der Waals surface area contributed by atoms with Crippen molar-refractivity contribution in [2.45, 2.75) is 38.8 Å². The first-order chi connectivity index (χ1) is 9.31. The maximum absolute atomic E-state index is 5.70. The molecule has 0 bridgehead atoms. The van der Waals surface area contributed by atoms with E-state index < -0.39 is 0 Å². The van der Waals surface area contributed by atoms with Crippen molar-refractivity contribution in [3.63, 3.8) is 0 Å². The summed E-state index contributed by atoms with van der Waals surface area (Å²) in [5.74, 6) is 1.00. The molecular weight excluding hydrogens is 272 g/mol. The van der Waals surface area contributed by atoms with Gasteiger partial charge in [0.15, 0.2) is 0 Å². The molecule has 1 aromatic rings. The fourth-order valence-electron chi connectivity index (χ4n) is 2.65. The highest BCUT2D eigenvalue weighted by molar-refractivity contribution is 5.85. The monoisotopic (exact) mass is 298 g/mol. The second-order valence-corrected chi connectivity index (χ2v) is 5.36. The molecule has 1 N–H and O–H groups in total. The number of benzene rings is 1. The van der Waals surface area contributed by atoms with Crippen molar-refractivity contribution in [1.29, 1.82) is 0 Å². The fourth-order valence-corrected chi connectivity index (χ4v) is 2.65. The Balaban J connectivity index is 0.00000200. The van der Waals surface area contributed by atoms with E-state index in [2.05, 4.69) is 42.4 Å². The maximum atomic E-state index is 5.70. The molecule has 0 aromatic heterocycles. The fraction of sp³-hybridized carbons (Fsp3) is 0.625. The topological polar surface area (TPSA) is 24.5 Å². The van der Waals surface area contributed by atoms with Crippen molar-refractivity contribution in [3.05, 3.63) is 29.8 Å². The molecule has 1 saturated heterocycles. The van der Waals surface area contributed by atoms with Crippen molar-refractivity contribution in [3.8, 4) is 5.75 Å². The number of rotatable bonds is 6. The SMILES string of the molecule is CCCOc1cccc(CN2CCCC(NC)C2)c1.Cl. The van der Waals surface area contributed by atoms with E-state index in [1.165, 1.54) is 24.9 Å². The largest absolute Gasteiger partial charge is 0.494 e. The van der Waals surface area contributed by atoms with Crippen LogP contribution in [0, 0.1) is 0 Å². The zero-order valence-corrected chi connectivity index (χ0v) is 13.4. The first-order valence-corrected chi connectivity index (χ1v) is 7.43. The van der Waals surface area contributed by atoms with Crippen molar-refractivity contribution >= 4 is 12.4 Å². The van der Waals surface area contributed by atoms with Gasteiger partial charge < -0.3 is 10.1 Å². The van der Waals surface area contributed by atoms with Gasteiger partial charge in [-0.05, 0) is 50.6 Å². The van der Waals surface area contributed by atoms with Gasteiger partial charge in [0.1, 0.15) is 5.75 Å². The van der Waals surface area contributed by atoms with Crippen LogP contribution in [-0.2, 0) is 6.54 Å². The van der Waals surface area contributed by atoms with Gasteiger partial charge in [-0.15, -0.1) is 12.4 Å². The van der Waals surface area contributed by atoms with Gasteiger partial charge >= 0.3 is 0 Å². The molecule has 0 radical (unpaired) electrons. The Morgan fingerprint density at radius 1 is 1.40 bits per heavy atom. The van der Waals surface area contributed by atoms with E-state index in [0.717, 1.165) is 31.9 Å². The van der Waals surface area contributed by atoms with Gasteiger partial charge in [0, 0.05) is 19.1 Å². The minimum atomic E-state index is 0. The Morgan fingerprint density at radius 2 is 2.25 bits per heavy atom. The number of nitrogens with one attached hydrogen (secondary N) is 1. The zero-order chi connectivity index (χ0) is 13.5. The molecule has 2 rings (SSSR count). The number of likely N-dealkylation sites (N-methyl/N-ethyl adjacent to an activating group) is 1. The van der Waals surface area contributed by atoms with Crippen LogP contribution >= 0.6 is 12.4 Å². The van der Waals surface area contributed by atoms with Crippen molar-refractivity contribution < 1.29 is 4.74 Å². The minimum absolute atomic E-state index is 0. The normalized spacial score (nSPS) is 19.4. The zero-order valence-electron chi connectivity index (χ0n) is 12.6. The predicted molar refractivity (Wildman–Crippen MR) is 86.8 cm³/mol. The molecule has 1 aliphatic rings. The minimum Gasteiger partial charge on any atom is -0.494 e. The summed E-state index contributed by atoms with van der Waals surface area (Å²) in [7, 11) is 2.06. The van der Waals surface area contributed by atoms with Crippen LogP contribution in [0.5, 0.6) is 5.75 Å². The third kappa shape index (κ3) is 5.31. The molecule has 0 aliphatic carbocycles. The van der Waals surface area contributed by atoms with E-state index in [9.17, 15) is 0 Å². The lowest BCUT2D eigenvalue weighted by Gasteiger charge is -2.32. The first-order valence-electron chi connectivity index (χ1n) is 7.43. The average molecular weight is 299 g/mol. The Kier molecular flexibility index (Phi) is 7.97. The van der Waals surface area contributed by atoms with Gasteiger partial charge in [-0.2, -0.15) is 0 Å². The van der Waals surface area contributed by atoms with Gasteiger partial charge in [-0.1, -0.05) is 19.1 Å². The van der Waals surface area contributed by atoms with Crippen LogP contribution in [0.2, 0.25) is 0 Å². The summed E-state index contributed by atoms with van der Waals surface area (Å²) < 4.78 is 5.70. The Morgan fingerprint density at radius 3 is 3.00 bits per heavy atom. The summed E-state index contributed by atoms with van der Waals surface area (Å²) in [6.07, 6.45) is 3.64. The lowest BCUT2D eigenvalue weighted by molar-refractivity contribution is 0.187. The number of piperidine rings is 1. The van der Waals surface area contributed by atoms with Crippen LogP contribution < -0.4 is 10.1 Å². The molecule has 3 nitrogen and oxygen atoms in total. The lowest BCUT2D eigenvalue weighted by Crippen LogP contribution is -2.43. The molecular formula is C16H27ClN2O. The average Bonchev–Trinajstić information content (AvgIpc) is 2.46. The lowest BCUT2D eigenvalue weighted by atomic mass is 10.1. The third-order valence-corrected chi connectivity index (χ3v) is 3.69. The molecule has 20 heavy (non-hydrogen) atoms. The number of likely N-dealkylation sites (tertiary alicyclic amines) is 1. The second kappa shape index (κ2) is 9.22. The Labute approximate surface area is 129 Å². The number of hydrogen-bond acceptors (Lipinski definition) is 3. The molecule has 114 valence electrons. The molecule has 1 unspecified atom stereocenters. The van der Waals surface area contributed by atoms with E-state index in [4.69, 9.17) is 4.74 Å². The van der Waals surface area contributed by atoms with E-state index >= 15 is 0 Å². The Hall–Kier alpha value is -0.770. The van der Waals surface area contributed by atoms with Crippen LogP contribution in [-0.4, -0.2) is 37.7 Å². The van der Waals surface area contributed by atoms with E-state index in [1.807, 2.05) is 6.07 Å². The quantitative estimate of drug-likeness (QED) is 0.873. The summed E-state index contributed by atoms with van der Waals surface area (Å²) >= 11 is 0. The molecule has 1 aliphatic heterocycles. The smallest absolute Gasteiger partial charge is 0.119 e. The highest BCUT2D eigenvalue weighted by Crippen LogP contribution is 2.17. The van der Waals surface area contributed by atoms with Crippen LogP contribution in [0.25, 0.3) is 0 Å². The van der Waals surface area contributed by atoms with Gasteiger partial charge in [-0.3, -0.25) is 4.90 Å². The molecule has 0 saturated carbocycles. The van der Waals surface area contributed by atoms with Crippen LogP contribution in [0.4, 0.5) is 0 Å². The van der Waals surface area contributed by atoms with Crippen LogP contribution in [0.1, 0.15) is 31.7 Å². The van der Waals surface area contributed by atoms with Crippen molar-refractivity contribution in [2.75, 3.05) is 26.7 Å². The number of hydrogen-bond donors (Lipinski definition) is 1. The molecule has 1 aromatic carbocycles. The summed E-state index contributed by atoms with van der Waals surface area (Å²) in [5, 5.41) is 3.39. The number of ether oxygens (including phenoxy) is 1. The molecule has 0 amide bonds. The van der Waals surface area contributed by atoms with E-state index in [-0.39, 0.29) is 12.4 Å². The second-order valence-electron chi connectivity index (χ2n) is 5.36. The Bertz CT molecular complexity index is 386. The van der Waals surface area contributed by atoms with Gasteiger partial charge in [0.05, 0.1) is 6.61 Å². The van der Waals surface area contributed by atoms with Crippen molar-refractivity contribution in [2.24, 2.45) is 0 Å². The molecule has 0 spiro atoms. The summed E-state index contributed by atoms with van der Waals surface area (Å²) in [6, 6.07) is 9.17. The highest BCUT2D eigenvalue weighted by Gasteiger charge is 2.18. The third-order valence-electron chi connectivity index (χ3n) is 3.69. The van der Waals surface area contributed by atoms with Crippen LogP contribution in [0.3, 0.4) is 0 Å². The predicted octanol–water partition coefficient (Wildman–Crippen LogP) is 3.08. The molecule has 1 atom stereocenters. The number of halogens is 1. The molecule has 4 heteroatoms. The molecule has 1 heterocycles. The summed E-state index contributed by atoms with van der Waals surface area (Å²) in [5.41, 5.74) is 1.35. The van der Waals surface area contributed by atoms with Crippen molar-refractivity contribution in [1.82, 2.24) is 10.2 Å².